The number of carbonyl (C=O) groups excluding carboxylic acids is 1. The third kappa shape index (κ3) is 3.96. The maximum Gasteiger partial charge on any atom is 0.259 e. The average molecular weight is 381 g/mol. The van der Waals surface area contributed by atoms with Crippen LogP contribution < -0.4 is 10.1 Å². The number of nitrogens with one attached hydrogen (secondary N) is 1. The molecule has 0 unspecified atom stereocenters. The topological polar surface area (TPSA) is 38.3 Å². The van der Waals surface area contributed by atoms with Crippen molar-refractivity contribution in [1.82, 2.24) is 0 Å². The first-order valence-electron chi connectivity index (χ1n) is 6.49. The Balaban J connectivity index is 2.16. The number of amides is 1. The molecule has 0 fully saturated rings. The molecule has 20 heavy (non-hydrogen) atoms. The van der Waals surface area contributed by atoms with Crippen molar-refractivity contribution in [2.45, 2.75) is 13.3 Å². The molecule has 0 saturated heterocycles. The molecule has 0 spiro atoms. The van der Waals surface area contributed by atoms with E-state index in [0.29, 0.717) is 17.9 Å². The Morgan fingerprint density at radius 1 is 1.20 bits per heavy atom. The maximum absolute atomic E-state index is 12.3. The minimum absolute atomic E-state index is 0.154. The zero-order chi connectivity index (χ0) is 14.4. The van der Waals surface area contributed by atoms with Gasteiger partial charge in [0, 0.05) is 9.26 Å². The summed E-state index contributed by atoms with van der Waals surface area (Å²) in [7, 11) is 0. The van der Waals surface area contributed by atoms with E-state index in [1.54, 1.807) is 6.07 Å². The molecule has 2 rings (SSSR count). The molecule has 0 aliphatic heterocycles. The summed E-state index contributed by atoms with van der Waals surface area (Å²) in [5.74, 6) is 0.469. The third-order valence-corrected chi connectivity index (χ3v) is 3.35. The van der Waals surface area contributed by atoms with Crippen molar-refractivity contribution >= 4 is 34.2 Å². The second-order valence-corrected chi connectivity index (χ2v) is 5.55. The summed E-state index contributed by atoms with van der Waals surface area (Å²) in [5, 5.41) is 2.89. The fourth-order valence-electron chi connectivity index (χ4n) is 1.76. The van der Waals surface area contributed by atoms with Crippen LogP contribution in [0.3, 0.4) is 0 Å². The first kappa shape index (κ1) is 14.8. The fourth-order valence-corrected chi connectivity index (χ4v) is 2.30. The lowest BCUT2D eigenvalue weighted by molar-refractivity contribution is 0.102. The quantitative estimate of drug-likeness (QED) is 0.783. The van der Waals surface area contributed by atoms with E-state index in [9.17, 15) is 4.79 Å². The van der Waals surface area contributed by atoms with E-state index in [1.807, 2.05) is 49.4 Å². The molecule has 2 aromatic rings. The first-order chi connectivity index (χ1) is 9.70. The number of carbonyl (C=O) groups is 1. The molecule has 4 heteroatoms. The molecule has 0 heterocycles. The Morgan fingerprint density at radius 3 is 2.75 bits per heavy atom. The molecule has 0 aliphatic carbocycles. The number of hydrogen-bond acceptors (Lipinski definition) is 2. The van der Waals surface area contributed by atoms with Gasteiger partial charge in [0.2, 0.25) is 0 Å². The lowest BCUT2D eigenvalue weighted by Crippen LogP contribution is -2.13. The molecule has 0 radical (unpaired) electrons. The highest BCUT2D eigenvalue weighted by atomic mass is 127. The first-order valence-corrected chi connectivity index (χ1v) is 7.57. The minimum atomic E-state index is -0.154. The van der Waals surface area contributed by atoms with Crippen molar-refractivity contribution < 1.29 is 9.53 Å². The second kappa shape index (κ2) is 7.28. The number of hydrogen-bond donors (Lipinski definition) is 1. The number of benzene rings is 2. The molecule has 1 amide bonds. The predicted molar refractivity (Wildman–Crippen MR) is 89.3 cm³/mol. The lowest BCUT2D eigenvalue weighted by Gasteiger charge is -2.11. The van der Waals surface area contributed by atoms with Gasteiger partial charge in [0.25, 0.3) is 5.91 Å². The monoisotopic (exact) mass is 381 g/mol. The van der Waals surface area contributed by atoms with Crippen LogP contribution in [-0.4, -0.2) is 12.5 Å². The number of anilines is 1. The summed E-state index contributed by atoms with van der Waals surface area (Å²) in [6.07, 6.45) is 0.910. The Morgan fingerprint density at radius 2 is 2.00 bits per heavy atom. The van der Waals surface area contributed by atoms with E-state index >= 15 is 0 Å². The summed E-state index contributed by atoms with van der Waals surface area (Å²) in [6, 6.07) is 15.0. The van der Waals surface area contributed by atoms with E-state index in [4.69, 9.17) is 4.74 Å². The molecule has 0 atom stereocenters. The number of ether oxygens (including phenoxy) is 1. The van der Waals surface area contributed by atoms with Crippen LogP contribution in [0.4, 0.5) is 5.69 Å². The second-order valence-electron chi connectivity index (χ2n) is 4.31. The van der Waals surface area contributed by atoms with Crippen LogP contribution in [-0.2, 0) is 0 Å². The average Bonchev–Trinajstić information content (AvgIpc) is 2.45. The van der Waals surface area contributed by atoms with E-state index in [0.717, 1.165) is 15.7 Å². The van der Waals surface area contributed by atoms with Crippen molar-refractivity contribution in [3.05, 3.63) is 57.7 Å². The van der Waals surface area contributed by atoms with Crippen LogP contribution >= 0.6 is 22.6 Å². The standard InChI is InChI=1S/C16H16INO2/c1-2-10-20-15-9-4-3-8-14(15)16(19)18-13-7-5-6-12(17)11-13/h3-9,11H,2,10H2,1H3,(H,18,19). The van der Waals surface area contributed by atoms with Gasteiger partial charge in [0.1, 0.15) is 5.75 Å². The Kier molecular flexibility index (Phi) is 5.40. The van der Waals surface area contributed by atoms with Gasteiger partial charge >= 0.3 is 0 Å². The van der Waals surface area contributed by atoms with Crippen LogP contribution in [0.25, 0.3) is 0 Å². The Bertz CT molecular complexity index is 599. The molecule has 1 N–H and O–H groups in total. The molecule has 0 saturated carbocycles. The Labute approximate surface area is 132 Å². The van der Waals surface area contributed by atoms with Crippen molar-refractivity contribution in [3.8, 4) is 5.75 Å². The van der Waals surface area contributed by atoms with Crippen LogP contribution in [0.5, 0.6) is 5.75 Å². The molecular formula is C16H16INO2. The van der Waals surface area contributed by atoms with Gasteiger partial charge in [0.05, 0.1) is 12.2 Å². The number of halogens is 1. The fraction of sp³-hybridized carbons (Fsp3) is 0.188. The third-order valence-electron chi connectivity index (χ3n) is 2.68. The number of rotatable bonds is 5. The van der Waals surface area contributed by atoms with Gasteiger partial charge in [-0.1, -0.05) is 25.1 Å². The van der Waals surface area contributed by atoms with Gasteiger partial charge < -0.3 is 10.1 Å². The van der Waals surface area contributed by atoms with Gasteiger partial charge in [-0.05, 0) is 59.3 Å². The van der Waals surface area contributed by atoms with E-state index in [1.165, 1.54) is 0 Å². The molecule has 104 valence electrons. The maximum atomic E-state index is 12.3. The molecule has 0 aromatic heterocycles. The van der Waals surface area contributed by atoms with Gasteiger partial charge in [-0.25, -0.2) is 0 Å². The molecule has 2 aromatic carbocycles. The number of para-hydroxylation sites is 1. The van der Waals surface area contributed by atoms with E-state index < -0.39 is 0 Å². The summed E-state index contributed by atoms with van der Waals surface area (Å²) in [6.45, 7) is 2.64. The summed E-state index contributed by atoms with van der Waals surface area (Å²) in [5.41, 5.74) is 1.34. The van der Waals surface area contributed by atoms with Crippen molar-refractivity contribution in [3.63, 3.8) is 0 Å². The Hall–Kier alpha value is -1.56. The van der Waals surface area contributed by atoms with E-state index in [2.05, 4.69) is 27.9 Å². The zero-order valence-electron chi connectivity index (χ0n) is 11.2. The van der Waals surface area contributed by atoms with Crippen LogP contribution in [0.2, 0.25) is 0 Å². The zero-order valence-corrected chi connectivity index (χ0v) is 13.4. The highest BCUT2D eigenvalue weighted by Crippen LogP contribution is 2.20. The minimum Gasteiger partial charge on any atom is -0.493 e. The molecule has 0 bridgehead atoms. The SMILES string of the molecule is CCCOc1ccccc1C(=O)Nc1cccc(I)c1. The van der Waals surface area contributed by atoms with Crippen LogP contribution in [0.15, 0.2) is 48.5 Å². The van der Waals surface area contributed by atoms with Gasteiger partial charge in [-0.15, -0.1) is 0 Å². The van der Waals surface area contributed by atoms with E-state index in [-0.39, 0.29) is 5.91 Å². The highest BCUT2D eigenvalue weighted by molar-refractivity contribution is 14.1. The van der Waals surface area contributed by atoms with Crippen molar-refractivity contribution in [1.29, 1.82) is 0 Å². The van der Waals surface area contributed by atoms with Crippen LogP contribution in [0, 0.1) is 3.57 Å². The molecular weight excluding hydrogens is 365 g/mol. The normalized spacial score (nSPS) is 10.1. The van der Waals surface area contributed by atoms with Gasteiger partial charge in [-0.2, -0.15) is 0 Å². The van der Waals surface area contributed by atoms with Gasteiger partial charge in [-0.3, -0.25) is 4.79 Å². The van der Waals surface area contributed by atoms with Crippen molar-refractivity contribution in [2.24, 2.45) is 0 Å². The molecule has 0 aliphatic rings. The van der Waals surface area contributed by atoms with Gasteiger partial charge in [0.15, 0.2) is 0 Å². The summed E-state index contributed by atoms with van der Waals surface area (Å²) in [4.78, 5) is 12.3. The smallest absolute Gasteiger partial charge is 0.259 e. The summed E-state index contributed by atoms with van der Waals surface area (Å²) < 4.78 is 6.69. The predicted octanol–water partition coefficient (Wildman–Crippen LogP) is 4.33. The molecule has 3 nitrogen and oxygen atoms in total. The highest BCUT2D eigenvalue weighted by Gasteiger charge is 2.12. The van der Waals surface area contributed by atoms with Crippen molar-refractivity contribution in [2.75, 3.05) is 11.9 Å². The lowest BCUT2D eigenvalue weighted by atomic mass is 10.2. The van der Waals surface area contributed by atoms with Crippen LogP contribution in [0.1, 0.15) is 23.7 Å². The largest absolute Gasteiger partial charge is 0.493 e. The summed E-state index contributed by atoms with van der Waals surface area (Å²) >= 11 is 2.22.